The molecule has 0 aliphatic rings. The van der Waals surface area contributed by atoms with Gasteiger partial charge in [0.05, 0.1) is 17.0 Å². The average Bonchev–Trinajstić information content (AvgIpc) is 2.92. The summed E-state index contributed by atoms with van der Waals surface area (Å²) in [5.74, 6) is -0.130. The Morgan fingerprint density at radius 1 is 1.33 bits per heavy atom. The van der Waals surface area contributed by atoms with Gasteiger partial charge in [-0.15, -0.1) is 11.3 Å². The van der Waals surface area contributed by atoms with Crippen molar-refractivity contribution in [1.82, 2.24) is 19.7 Å². The van der Waals surface area contributed by atoms with Crippen LogP contribution in [-0.4, -0.2) is 45.2 Å². The molecule has 2 heterocycles. The number of thiazole rings is 1. The van der Waals surface area contributed by atoms with Crippen molar-refractivity contribution in [3.63, 3.8) is 0 Å². The monoisotopic (exact) mass is 349 g/mol. The highest BCUT2D eigenvalue weighted by atomic mass is 32.1. The Bertz CT molecular complexity index is 840. The maximum absolute atomic E-state index is 12.7. The van der Waals surface area contributed by atoms with Crippen LogP contribution >= 0.6 is 11.3 Å². The van der Waals surface area contributed by atoms with E-state index in [4.69, 9.17) is 5.73 Å². The van der Waals surface area contributed by atoms with E-state index >= 15 is 0 Å². The lowest BCUT2D eigenvalue weighted by Gasteiger charge is -2.23. The molecule has 0 saturated heterocycles. The molecule has 8 heteroatoms. The van der Waals surface area contributed by atoms with E-state index in [0.717, 1.165) is 11.3 Å². The Morgan fingerprint density at radius 2 is 1.96 bits per heavy atom. The minimum Gasteiger partial charge on any atom is -0.337 e. The molecule has 0 aliphatic heterocycles. The van der Waals surface area contributed by atoms with Gasteiger partial charge in [0, 0.05) is 26.7 Å². The molecular weight excluding hydrogens is 326 g/mol. The number of nitrogens with two attached hydrogens (primary N) is 1. The maximum Gasteiger partial charge on any atom is 0.277 e. The number of aromatic nitrogens is 3. The van der Waals surface area contributed by atoms with Crippen molar-refractivity contribution in [2.75, 3.05) is 13.6 Å². The molecular formula is C16H23N5O2S. The molecule has 0 saturated carbocycles. The molecule has 0 aliphatic carbocycles. The second-order valence-corrected chi connectivity index (χ2v) is 6.95. The molecule has 0 spiro atoms. The van der Waals surface area contributed by atoms with E-state index in [1.54, 1.807) is 25.9 Å². The number of amides is 1. The van der Waals surface area contributed by atoms with Crippen molar-refractivity contribution < 1.29 is 4.79 Å². The van der Waals surface area contributed by atoms with Gasteiger partial charge in [-0.1, -0.05) is 0 Å². The van der Waals surface area contributed by atoms with Crippen LogP contribution in [0.4, 0.5) is 0 Å². The summed E-state index contributed by atoms with van der Waals surface area (Å²) in [6.45, 7) is 7.75. The fourth-order valence-corrected chi connectivity index (χ4v) is 3.46. The molecule has 130 valence electrons. The average molecular weight is 349 g/mol. The van der Waals surface area contributed by atoms with Gasteiger partial charge in [0.1, 0.15) is 9.88 Å². The number of carbonyl (C=O) groups is 1. The summed E-state index contributed by atoms with van der Waals surface area (Å²) in [5, 5.41) is 4.73. The summed E-state index contributed by atoms with van der Waals surface area (Å²) in [6, 6.07) is -0.0692. The molecule has 2 rings (SSSR count). The summed E-state index contributed by atoms with van der Waals surface area (Å²) in [4.78, 5) is 31.7. The zero-order chi connectivity index (χ0) is 18.2. The number of carbonyl (C=O) groups excluding carboxylic acids is 1. The fraction of sp³-hybridized carbons (Fsp3) is 0.500. The van der Waals surface area contributed by atoms with Crippen molar-refractivity contribution in [2.45, 2.75) is 33.7 Å². The number of likely N-dealkylation sites (N-methyl/N-ethyl adjacent to an activating group) is 1. The van der Waals surface area contributed by atoms with E-state index in [0.29, 0.717) is 27.7 Å². The van der Waals surface area contributed by atoms with Crippen molar-refractivity contribution in [1.29, 1.82) is 0 Å². The van der Waals surface area contributed by atoms with Gasteiger partial charge in [0.2, 0.25) is 0 Å². The Kier molecular flexibility index (Phi) is 5.19. The van der Waals surface area contributed by atoms with Gasteiger partial charge in [0.25, 0.3) is 11.5 Å². The number of rotatable bonds is 4. The predicted molar refractivity (Wildman–Crippen MR) is 95.4 cm³/mol. The summed E-state index contributed by atoms with van der Waals surface area (Å²) >= 11 is 1.24. The van der Waals surface area contributed by atoms with Crippen LogP contribution in [0, 0.1) is 20.8 Å². The van der Waals surface area contributed by atoms with E-state index in [-0.39, 0.29) is 17.5 Å². The zero-order valence-corrected chi connectivity index (χ0v) is 15.7. The molecule has 0 radical (unpaired) electrons. The van der Waals surface area contributed by atoms with Crippen molar-refractivity contribution >= 4 is 17.2 Å². The minimum atomic E-state index is -0.213. The summed E-state index contributed by atoms with van der Waals surface area (Å²) in [6.07, 6.45) is 0. The lowest BCUT2D eigenvalue weighted by molar-refractivity contribution is 0.0752. The SMILES string of the molecule is Cc1nc(-c2c(C)c(C)nn(C)c2=O)sc1C(=O)N(C)C(C)CN. The molecule has 0 bridgehead atoms. The van der Waals surface area contributed by atoms with Gasteiger partial charge in [-0.25, -0.2) is 9.67 Å². The summed E-state index contributed by atoms with van der Waals surface area (Å²) in [7, 11) is 3.33. The fourth-order valence-electron chi connectivity index (χ4n) is 2.32. The Morgan fingerprint density at radius 3 is 2.54 bits per heavy atom. The highest BCUT2D eigenvalue weighted by Gasteiger charge is 2.24. The third-order valence-corrected chi connectivity index (χ3v) is 5.42. The van der Waals surface area contributed by atoms with Crippen LogP contribution in [0.25, 0.3) is 10.6 Å². The molecule has 2 N–H and O–H groups in total. The quantitative estimate of drug-likeness (QED) is 0.896. The van der Waals surface area contributed by atoms with E-state index in [2.05, 4.69) is 10.1 Å². The molecule has 2 aromatic rings. The van der Waals surface area contributed by atoms with Crippen molar-refractivity contribution in [3.05, 3.63) is 32.2 Å². The Labute approximate surface area is 145 Å². The summed E-state index contributed by atoms with van der Waals surface area (Å²) < 4.78 is 1.30. The second-order valence-electron chi connectivity index (χ2n) is 5.95. The van der Waals surface area contributed by atoms with Crippen LogP contribution in [0.3, 0.4) is 0 Å². The minimum absolute atomic E-state index is 0.0692. The largest absolute Gasteiger partial charge is 0.337 e. The van der Waals surface area contributed by atoms with Crippen LogP contribution < -0.4 is 11.3 Å². The molecule has 0 fully saturated rings. The van der Waals surface area contributed by atoms with Crippen LogP contribution in [0.1, 0.15) is 33.5 Å². The van der Waals surface area contributed by atoms with Crippen molar-refractivity contribution in [2.24, 2.45) is 12.8 Å². The molecule has 1 unspecified atom stereocenters. The Balaban J connectivity index is 2.55. The van der Waals surface area contributed by atoms with E-state index in [1.165, 1.54) is 16.0 Å². The standard InChI is InChI=1S/C16H23N5O2S/c1-8(7-17)20(5)16(23)13-11(4)18-14(24-13)12-9(2)10(3)19-21(6)15(12)22/h8H,7,17H2,1-6H3. The lowest BCUT2D eigenvalue weighted by atomic mass is 10.1. The first-order valence-electron chi connectivity index (χ1n) is 7.68. The predicted octanol–water partition coefficient (Wildman–Crippen LogP) is 1.25. The first kappa shape index (κ1) is 18.3. The second kappa shape index (κ2) is 6.82. The first-order valence-corrected chi connectivity index (χ1v) is 8.50. The third-order valence-electron chi connectivity index (χ3n) is 4.25. The smallest absolute Gasteiger partial charge is 0.277 e. The van der Waals surface area contributed by atoms with Crippen LogP contribution in [0.15, 0.2) is 4.79 Å². The van der Waals surface area contributed by atoms with Crippen LogP contribution in [0.5, 0.6) is 0 Å². The van der Waals surface area contributed by atoms with Gasteiger partial charge in [0.15, 0.2) is 0 Å². The molecule has 0 aromatic carbocycles. The van der Waals surface area contributed by atoms with Crippen LogP contribution in [0.2, 0.25) is 0 Å². The highest BCUT2D eigenvalue weighted by molar-refractivity contribution is 7.17. The molecule has 24 heavy (non-hydrogen) atoms. The molecule has 2 aromatic heterocycles. The Hall–Kier alpha value is -2.06. The lowest BCUT2D eigenvalue weighted by Crippen LogP contribution is -2.39. The first-order chi connectivity index (χ1) is 11.2. The number of nitrogens with zero attached hydrogens (tertiary/aromatic N) is 4. The maximum atomic E-state index is 12.7. The van der Waals surface area contributed by atoms with Gasteiger partial charge < -0.3 is 10.6 Å². The number of hydrogen-bond acceptors (Lipinski definition) is 6. The van der Waals surface area contributed by atoms with Crippen LogP contribution in [-0.2, 0) is 7.05 Å². The zero-order valence-electron chi connectivity index (χ0n) is 14.9. The molecule has 1 amide bonds. The number of hydrogen-bond donors (Lipinski definition) is 1. The van der Waals surface area contributed by atoms with E-state index in [9.17, 15) is 9.59 Å². The molecule has 1 atom stereocenters. The van der Waals surface area contributed by atoms with Gasteiger partial charge >= 0.3 is 0 Å². The molecule has 7 nitrogen and oxygen atoms in total. The summed E-state index contributed by atoms with van der Waals surface area (Å²) in [5.41, 5.74) is 8.10. The third kappa shape index (κ3) is 3.11. The highest BCUT2D eigenvalue weighted by Crippen LogP contribution is 2.29. The number of aryl methyl sites for hydroxylation is 3. The van der Waals surface area contributed by atoms with Gasteiger partial charge in [-0.05, 0) is 33.3 Å². The van der Waals surface area contributed by atoms with Gasteiger partial charge in [-0.2, -0.15) is 5.10 Å². The van der Waals surface area contributed by atoms with Gasteiger partial charge in [-0.3, -0.25) is 9.59 Å². The van der Waals surface area contributed by atoms with Crippen molar-refractivity contribution in [3.8, 4) is 10.6 Å². The normalized spacial score (nSPS) is 12.3. The van der Waals surface area contributed by atoms with E-state index in [1.807, 2.05) is 20.8 Å². The van der Waals surface area contributed by atoms with E-state index < -0.39 is 0 Å². The topological polar surface area (TPSA) is 94.1 Å².